The van der Waals surface area contributed by atoms with Gasteiger partial charge in [-0.05, 0) is 18.9 Å². The molecule has 22 heavy (non-hydrogen) atoms. The van der Waals surface area contributed by atoms with E-state index >= 15 is 0 Å². The van der Waals surface area contributed by atoms with Crippen LogP contribution in [0.1, 0.15) is 31.4 Å². The van der Waals surface area contributed by atoms with E-state index < -0.39 is 27.8 Å². The lowest BCUT2D eigenvalue weighted by atomic mass is 9.94. The number of carbonyl (C=O) groups is 2. The van der Waals surface area contributed by atoms with Crippen molar-refractivity contribution in [2.45, 2.75) is 25.8 Å². The molecule has 0 aromatic heterocycles. The molecule has 0 spiro atoms. The Morgan fingerprint density at radius 1 is 1.23 bits per heavy atom. The first kappa shape index (κ1) is 18.2. The first-order chi connectivity index (χ1) is 10.2. The van der Waals surface area contributed by atoms with E-state index in [1.54, 1.807) is 30.3 Å². The van der Waals surface area contributed by atoms with Gasteiger partial charge in [-0.15, -0.1) is 0 Å². The van der Waals surface area contributed by atoms with Crippen LogP contribution in [0.3, 0.4) is 0 Å². The molecule has 0 saturated heterocycles. The molecule has 0 radical (unpaired) electrons. The summed E-state index contributed by atoms with van der Waals surface area (Å²) in [4.78, 5) is 23.2. The number of sulfone groups is 1. The third kappa shape index (κ3) is 6.26. The molecule has 1 rings (SSSR count). The second kappa shape index (κ2) is 7.93. The molecule has 0 aliphatic carbocycles. The van der Waals surface area contributed by atoms with Crippen LogP contribution in [-0.2, 0) is 19.4 Å². The van der Waals surface area contributed by atoms with Crippen molar-refractivity contribution >= 4 is 21.7 Å². The number of nitrogens with one attached hydrogen (secondary N) is 1. The maximum Gasteiger partial charge on any atom is 0.308 e. The highest BCUT2D eigenvalue weighted by Crippen LogP contribution is 2.22. The molecular formula is C15H21NO5S. The molecule has 0 fully saturated rings. The molecule has 6 nitrogen and oxygen atoms in total. The lowest BCUT2D eigenvalue weighted by Gasteiger charge is -2.23. The maximum absolute atomic E-state index is 11.9. The average Bonchev–Trinajstić information content (AvgIpc) is 2.43. The van der Waals surface area contributed by atoms with Gasteiger partial charge >= 0.3 is 5.97 Å². The average molecular weight is 327 g/mol. The number of benzene rings is 1. The fourth-order valence-corrected chi connectivity index (χ4v) is 2.71. The predicted molar refractivity (Wildman–Crippen MR) is 83.1 cm³/mol. The molecule has 7 heteroatoms. The normalized spacial score (nSPS) is 14.1. The Labute approximate surface area is 130 Å². The van der Waals surface area contributed by atoms with Gasteiger partial charge in [0.1, 0.15) is 9.84 Å². The van der Waals surface area contributed by atoms with Crippen molar-refractivity contribution < 1.29 is 23.1 Å². The van der Waals surface area contributed by atoms with E-state index in [0.717, 1.165) is 6.26 Å². The van der Waals surface area contributed by atoms with Crippen molar-refractivity contribution in [2.24, 2.45) is 5.92 Å². The van der Waals surface area contributed by atoms with Gasteiger partial charge in [0, 0.05) is 12.7 Å². The lowest BCUT2D eigenvalue weighted by Crippen LogP contribution is -2.35. The van der Waals surface area contributed by atoms with Gasteiger partial charge in [0.15, 0.2) is 0 Å². The summed E-state index contributed by atoms with van der Waals surface area (Å²) in [7, 11) is -3.10. The Morgan fingerprint density at radius 3 is 2.32 bits per heavy atom. The molecule has 0 bridgehead atoms. The SMILES string of the molecule is CC(C(=O)O)C(NC(=O)CCCS(C)(=O)=O)c1ccccc1. The molecule has 2 atom stereocenters. The van der Waals surface area contributed by atoms with Gasteiger partial charge in [-0.25, -0.2) is 8.42 Å². The Bertz CT molecular complexity index is 612. The minimum atomic E-state index is -3.10. The van der Waals surface area contributed by atoms with E-state index in [1.807, 2.05) is 0 Å². The summed E-state index contributed by atoms with van der Waals surface area (Å²) in [5.74, 6) is -2.22. The van der Waals surface area contributed by atoms with E-state index in [-0.39, 0.29) is 24.5 Å². The zero-order valence-corrected chi connectivity index (χ0v) is 13.5. The minimum Gasteiger partial charge on any atom is -0.481 e. The van der Waals surface area contributed by atoms with E-state index in [2.05, 4.69) is 5.32 Å². The molecule has 2 N–H and O–H groups in total. The topological polar surface area (TPSA) is 101 Å². The molecule has 1 amide bonds. The van der Waals surface area contributed by atoms with Crippen molar-refractivity contribution in [1.82, 2.24) is 5.32 Å². The van der Waals surface area contributed by atoms with Gasteiger partial charge < -0.3 is 10.4 Å². The highest BCUT2D eigenvalue weighted by molar-refractivity contribution is 7.90. The van der Waals surface area contributed by atoms with Crippen LogP contribution in [-0.4, -0.2) is 37.4 Å². The zero-order valence-electron chi connectivity index (χ0n) is 12.7. The monoisotopic (exact) mass is 327 g/mol. The van der Waals surface area contributed by atoms with Crippen LogP contribution >= 0.6 is 0 Å². The van der Waals surface area contributed by atoms with E-state index in [9.17, 15) is 23.1 Å². The molecule has 0 saturated carbocycles. The summed E-state index contributed by atoms with van der Waals surface area (Å²) >= 11 is 0. The van der Waals surface area contributed by atoms with Crippen LogP contribution < -0.4 is 5.32 Å². The van der Waals surface area contributed by atoms with Crippen LogP contribution in [0.15, 0.2) is 30.3 Å². The minimum absolute atomic E-state index is 0.0444. The molecule has 0 aliphatic rings. The summed E-state index contributed by atoms with van der Waals surface area (Å²) in [6.45, 7) is 1.52. The lowest BCUT2D eigenvalue weighted by molar-refractivity contribution is -0.142. The van der Waals surface area contributed by atoms with Crippen LogP contribution in [0.25, 0.3) is 0 Å². The number of hydrogen-bond acceptors (Lipinski definition) is 4. The summed E-state index contributed by atoms with van der Waals surface area (Å²) in [6, 6.07) is 8.20. The fourth-order valence-electron chi connectivity index (χ4n) is 2.04. The number of aliphatic carboxylic acids is 1. The van der Waals surface area contributed by atoms with Crippen LogP contribution in [0.5, 0.6) is 0 Å². The predicted octanol–water partition coefficient (Wildman–Crippen LogP) is 1.39. The number of rotatable bonds is 8. The fraction of sp³-hybridized carbons (Fsp3) is 0.467. The first-order valence-corrected chi connectivity index (χ1v) is 9.01. The molecule has 0 heterocycles. The number of carboxylic acid groups (broad SMARTS) is 1. The van der Waals surface area contributed by atoms with Gasteiger partial charge in [0.2, 0.25) is 5.91 Å². The van der Waals surface area contributed by atoms with Crippen LogP contribution in [0.2, 0.25) is 0 Å². The zero-order chi connectivity index (χ0) is 16.8. The van der Waals surface area contributed by atoms with Crippen LogP contribution in [0, 0.1) is 5.92 Å². The Kier molecular flexibility index (Phi) is 6.55. The van der Waals surface area contributed by atoms with Crippen molar-refractivity contribution in [3.05, 3.63) is 35.9 Å². The summed E-state index contributed by atoms with van der Waals surface area (Å²) in [6.07, 6.45) is 1.38. The second-order valence-electron chi connectivity index (χ2n) is 5.32. The van der Waals surface area contributed by atoms with Crippen molar-refractivity contribution in [3.63, 3.8) is 0 Å². The van der Waals surface area contributed by atoms with E-state index in [4.69, 9.17) is 0 Å². The number of carboxylic acids is 1. The van der Waals surface area contributed by atoms with Gasteiger partial charge in [0.25, 0.3) is 0 Å². The molecule has 122 valence electrons. The smallest absolute Gasteiger partial charge is 0.308 e. The molecule has 0 aliphatic heterocycles. The van der Waals surface area contributed by atoms with Gasteiger partial charge in [-0.2, -0.15) is 0 Å². The number of hydrogen-bond donors (Lipinski definition) is 2. The van der Waals surface area contributed by atoms with E-state index in [0.29, 0.717) is 5.56 Å². The standard InChI is InChI=1S/C15H21NO5S/c1-11(15(18)19)14(12-7-4-3-5-8-12)16-13(17)9-6-10-22(2,20)21/h3-5,7-8,11,14H,6,9-10H2,1-2H3,(H,16,17)(H,18,19). The van der Waals surface area contributed by atoms with Crippen molar-refractivity contribution in [3.8, 4) is 0 Å². The third-order valence-corrected chi connectivity index (χ3v) is 4.31. The Hall–Kier alpha value is -1.89. The summed E-state index contributed by atoms with van der Waals surface area (Å²) < 4.78 is 22.1. The Balaban J connectivity index is 2.73. The number of amides is 1. The van der Waals surface area contributed by atoms with E-state index in [1.165, 1.54) is 6.92 Å². The van der Waals surface area contributed by atoms with Gasteiger partial charge in [-0.3, -0.25) is 9.59 Å². The van der Waals surface area contributed by atoms with Gasteiger partial charge in [-0.1, -0.05) is 30.3 Å². The third-order valence-electron chi connectivity index (χ3n) is 3.28. The van der Waals surface area contributed by atoms with Gasteiger partial charge in [0.05, 0.1) is 17.7 Å². The second-order valence-corrected chi connectivity index (χ2v) is 7.58. The molecular weight excluding hydrogens is 306 g/mol. The van der Waals surface area contributed by atoms with Crippen molar-refractivity contribution in [2.75, 3.05) is 12.0 Å². The highest BCUT2D eigenvalue weighted by atomic mass is 32.2. The quantitative estimate of drug-likeness (QED) is 0.751. The first-order valence-electron chi connectivity index (χ1n) is 6.95. The maximum atomic E-state index is 11.9. The highest BCUT2D eigenvalue weighted by Gasteiger charge is 2.26. The molecule has 1 aromatic carbocycles. The van der Waals surface area contributed by atoms with Crippen molar-refractivity contribution in [1.29, 1.82) is 0 Å². The largest absolute Gasteiger partial charge is 0.481 e. The molecule has 2 unspecified atom stereocenters. The number of carbonyl (C=O) groups excluding carboxylic acids is 1. The summed E-state index contributed by atoms with van der Waals surface area (Å²) in [5.41, 5.74) is 0.703. The molecule has 1 aromatic rings. The Morgan fingerprint density at radius 2 is 1.82 bits per heavy atom. The van der Waals surface area contributed by atoms with Crippen LogP contribution in [0.4, 0.5) is 0 Å². The summed E-state index contributed by atoms with van der Waals surface area (Å²) in [5, 5.41) is 11.9.